The van der Waals surface area contributed by atoms with Crippen LogP contribution in [0, 0.1) is 18.3 Å². The first-order valence-electron chi connectivity index (χ1n) is 7.08. The fourth-order valence-corrected chi connectivity index (χ4v) is 2.34. The third-order valence-corrected chi connectivity index (χ3v) is 3.56. The Kier molecular flexibility index (Phi) is 4.84. The second-order valence-corrected chi connectivity index (χ2v) is 5.37. The molecule has 21 heavy (non-hydrogen) atoms. The molecule has 0 amide bonds. The molecule has 3 heteroatoms. The van der Waals surface area contributed by atoms with Gasteiger partial charge in [-0.15, -0.1) is 0 Å². The zero-order valence-electron chi connectivity index (χ0n) is 12.8. The van der Waals surface area contributed by atoms with E-state index in [1.807, 2.05) is 44.4 Å². The topological polar surface area (TPSA) is 39.1 Å². The van der Waals surface area contributed by atoms with Crippen molar-refractivity contribution in [1.29, 1.82) is 5.26 Å². The van der Waals surface area contributed by atoms with Gasteiger partial charge >= 0.3 is 0 Å². The van der Waals surface area contributed by atoms with Gasteiger partial charge in [0.15, 0.2) is 0 Å². The van der Waals surface area contributed by atoms with Crippen molar-refractivity contribution in [2.24, 2.45) is 0 Å². The first-order chi connectivity index (χ1) is 10.1. The van der Waals surface area contributed by atoms with E-state index in [0.717, 1.165) is 11.3 Å². The van der Waals surface area contributed by atoms with Gasteiger partial charge in [-0.1, -0.05) is 36.4 Å². The SMILES string of the molecule is Cc1ccc(NCC(C#N)c2ccccc2)cc1N(C)C. The number of nitriles is 1. The number of nitrogens with zero attached hydrogens (tertiary/aromatic N) is 2. The van der Waals surface area contributed by atoms with Crippen molar-refractivity contribution in [1.82, 2.24) is 0 Å². The molecule has 0 aromatic heterocycles. The number of nitrogens with one attached hydrogen (secondary N) is 1. The molecule has 1 N–H and O–H groups in total. The molecule has 0 bridgehead atoms. The molecule has 0 fully saturated rings. The van der Waals surface area contributed by atoms with Crippen molar-refractivity contribution in [3.05, 3.63) is 59.7 Å². The van der Waals surface area contributed by atoms with Crippen molar-refractivity contribution in [3.63, 3.8) is 0 Å². The van der Waals surface area contributed by atoms with Crippen molar-refractivity contribution in [3.8, 4) is 6.07 Å². The van der Waals surface area contributed by atoms with Crippen molar-refractivity contribution < 1.29 is 0 Å². The molecular formula is C18H21N3. The highest BCUT2D eigenvalue weighted by Crippen LogP contribution is 2.23. The van der Waals surface area contributed by atoms with E-state index in [4.69, 9.17) is 0 Å². The van der Waals surface area contributed by atoms with E-state index in [1.54, 1.807) is 0 Å². The Balaban J connectivity index is 2.09. The Morgan fingerprint density at radius 1 is 1.14 bits per heavy atom. The molecule has 3 nitrogen and oxygen atoms in total. The number of aryl methyl sites for hydroxylation is 1. The largest absolute Gasteiger partial charge is 0.383 e. The molecule has 2 rings (SSSR count). The van der Waals surface area contributed by atoms with Crippen molar-refractivity contribution >= 4 is 11.4 Å². The maximum atomic E-state index is 9.35. The molecule has 2 aromatic rings. The van der Waals surface area contributed by atoms with Gasteiger partial charge in [0, 0.05) is 32.0 Å². The third-order valence-electron chi connectivity index (χ3n) is 3.56. The normalized spacial score (nSPS) is 11.5. The van der Waals surface area contributed by atoms with Gasteiger partial charge < -0.3 is 10.2 Å². The Bertz CT molecular complexity index is 627. The molecule has 0 heterocycles. The first-order valence-corrected chi connectivity index (χ1v) is 7.08. The number of anilines is 2. The minimum Gasteiger partial charge on any atom is -0.383 e. The maximum absolute atomic E-state index is 9.35. The Morgan fingerprint density at radius 2 is 1.86 bits per heavy atom. The van der Waals surface area contributed by atoms with Crippen LogP contribution in [0.25, 0.3) is 0 Å². The van der Waals surface area contributed by atoms with E-state index in [9.17, 15) is 5.26 Å². The maximum Gasteiger partial charge on any atom is 0.0885 e. The molecule has 0 aliphatic heterocycles. The molecule has 0 spiro atoms. The summed E-state index contributed by atoms with van der Waals surface area (Å²) in [5.41, 5.74) is 4.52. The molecule has 0 saturated carbocycles. The average molecular weight is 279 g/mol. The second-order valence-electron chi connectivity index (χ2n) is 5.37. The summed E-state index contributed by atoms with van der Waals surface area (Å²) in [4.78, 5) is 2.10. The highest BCUT2D eigenvalue weighted by Gasteiger charge is 2.10. The fraction of sp³-hybridized carbons (Fsp3) is 0.278. The molecular weight excluding hydrogens is 258 g/mol. The molecule has 0 aliphatic carbocycles. The Labute approximate surface area is 126 Å². The van der Waals surface area contributed by atoms with Crippen LogP contribution in [-0.4, -0.2) is 20.6 Å². The predicted molar refractivity (Wildman–Crippen MR) is 88.8 cm³/mol. The summed E-state index contributed by atoms with van der Waals surface area (Å²) in [6.07, 6.45) is 0. The van der Waals surface area contributed by atoms with Crippen LogP contribution in [0.1, 0.15) is 17.0 Å². The third kappa shape index (κ3) is 3.76. The monoisotopic (exact) mass is 279 g/mol. The van der Waals surface area contributed by atoms with Crippen LogP contribution < -0.4 is 10.2 Å². The van der Waals surface area contributed by atoms with E-state index in [-0.39, 0.29) is 5.92 Å². The highest BCUT2D eigenvalue weighted by molar-refractivity contribution is 5.62. The smallest absolute Gasteiger partial charge is 0.0885 e. The van der Waals surface area contributed by atoms with Crippen LogP contribution in [0.5, 0.6) is 0 Å². The Hall–Kier alpha value is -2.47. The van der Waals surface area contributed by atoms with Crippen LogP contribution >= 0.6 is 0 Å². The summed E-state index contributed by atoms with van der Waals surface area (Å²) in [7, 11) is 4.07. The predicted octanol–water partition coefficient (Wildman–Crippen LogP) is 3.78. The zero-order chi connectivity index (χ0) is 15.2. The lowest BCUT2D eigenvalue weighted by Crippen LogP contribution is -2.13. The Morgan fingerprint density at radius 3 is 2.48 bits per heavy atom. The second kappa shape index (κ2) is 6.81. The molecule has 2 aromatic carbocycles. The lowest BCUT2D eigenvalue weighted by molar-refractivity contribution is 0.900. The summed E-state index contributed by atoms with van der Waals surface area (Å²) >= 11 is 0. The van der Waals surface area contributed by atoms with Gasteiger partial charge in [0.1, 0.15) is 0 Å². The van der Waals surface area contributed by atoms with E-state index >= 15 is 0 Å². The van der Waals surface area contributed by atoms with Crippen molar-refractivity contribution in [2.75, 3.05) is 30.9 Å². The first kappa shape index (κ1) is 14.9. The van der Waals surface area contributed by atoms with Gasteiger partial charge in [-0.2, -0.15) is 5.26 Å². The summed E-state index contributed by atoms with van der Waals surface area (Å²) in [6, 6.07) is 18.5. The lowest BCUT2D eigenvalue weighted by atomic mass is 10.0. The molecule has 0 radical (unpaired) electrons. The van der Waals surface area contributed by atoms with Crippen LogP contribution in [0.4, 0.5) is 11.4 Å². The van der Waals surface area contributed by atoms with Gasteiger partial charge in [0.2, 0.25) is 0 Å². The van der Waals surface area contributed by atoms with Gasteiger partial charge in [0.25, 0.3) is 0 Å². The summed E-state index contributed by atoms with van der Waals surface area (Å²) < 4.78 is 0. The summed E-state index contributed by atoms with van der Waals surface area (Å²) in [6.45, 7) is 2.71. The minimum atomic E-state index is -0.143. The fourth-order valence-electron chi connectivity index (χ4n) is 2.34. The molecule has 108 valence electrons. The van der Waals surface area contributed by atoms with E-state index in [1.165, 1.54) is 11.3 Å². The van der Waals surface area contributed by atoms with Crippen LogP contribution in [0.15, 0.2) is 48.5 Å². The van der Waals surface area contributed by atoms with Crippen LogP contribution in [-0.2, 0) is 0 Å². The van der Waals surface area contributed by atoms with Crippen LogP contribution in [0.2, 0.25) is 0 Å². The minimum absolute atomic E-state index is 0.143. The lowest BCUT2D eigenvalue weighted by Gasteiger charge is -2.18. The van der Waals surface area contributed by atoms with Gasteiger partial charge in [0.05, 0.1) is 12.0 Å². The molecule has 0 saturated heterocycles. The van der Waals surface area contributed by atoms with E-state index in [0.29, 0.717) is 6.54 Å². The summed E-state index contributed by atoms with van der Waals surface area (Å²) in [5.74, 6) is -0.143. The summed E-state index contributed by atoms with van der Waals surface area (Å²) in [5, 5.41) is 12.7. The van der Waals surface area contributed by atoms with E-state index in [2.05, 4.69) is 41.4 Å². The van der Waals surface area contributed by atoms with Gasteiger partial charge in [-0.25, -0.2) is 0 Å². The van der Waals surface area contributed by atoms with Crippen LogP contribution in [0.3, 0.4) is 0 Å². The number of hydrogen-bond donors (Lipinski definition) is 1. The molecule has 1 unspecified atom stereocenters. The zero-order valence-corrected chi connectivity index (χ0v) is 12.8. The van der Waals surface area contributed by atoms with E-state index < -0.39 is 0 Å². The number of hydrogen-bond acceptors (Lipinski definition) is 3. The standard InChI is InChI=1S/C18H21N3/c1-14-9-10-17(11-18(14)21(2)3)20-13-16(12-19)15-7-5-4-6-8-15/h4-11,16,20H,13H2,1-3H3. The quantitative estimate of drug-likeness (QED) is 0.905. The van der Waals surface area contributed by atoms with Gasteiger partial charge in [-0.05, 0) is 30.2 Å². The highest BCUT2D eigenvalue weighted by atomic mass is 15.1. The van der Waals surface area contributed by atoms with Crippen molar-refractivity contribution in [2.45, 2.75) is 12.8 Å². The molecule has 1 atom stereocenters. The van der Waals surface area contributed by atoms with Gasteiger partial charge in [-0.3, -0.25) is 0 Å². The number of benzene rings is 2. The number of rotatable bonds is 5. The average Bonchev–Trinajstić information content (AvgIpc) is 2.50. The molecule has 0 aliphatic rings.